The monoisotopic (exact) mass is 375 g/mol. The summed E-state index contributed by atoms with van der Waals surface area (Å²) in [5.41, 5.74) is 0. The summed E-state index contributed by atoms with van der Waals surface area (Å²) < 4.78 is 69.4. The molecule has 0 amide bonds. The molecule has 0 heterocycles. The number of hydrogen-bond donors (Lipinski definition) is 0. The largest absolute Gasteiger partial charge is 0.456 e. The van der Waals surface area contributed by atoms with Gasteiger partial charge in [0.1, 0.15) is 0 Å². The number of rotatable bonds is 2. The number of halogens is 6. The Labute approximate surface area is 79.6 Å². The number of hydrogen-bond acceptors (Lipinski definition) is 0. The molecule has 7 heteroatoms. The van der Waals surface area contributed by atoms with Crippen LogP contribution >= 0.6 is 0 Å². The predicted molar refractivity (Wildman–Crippen MR) is 26.2 cm³/mol. The van der Waals surface area contributed by atoms with E-state index in [4.69, 9.17) is 0 Å². The normalized spacial score (nSPS) is 15.2. The smallest absolute Gasteiger partial charge is 0.240 e. The molecule has 0 rings (SSSR count). The van der Waals surface area contributed by atoms with Crippen molar-refractivity contribution in [3.05, 3.63) is 0 Å². The molecule has 1 unspecified atom stereocenters. The van der Waals surface area contributed by atoms with Crippen LogP contribution in [0.2, 0.25) is 0 Å². The Morgan fingerprint density at radius 2 is 1.42 bits per heavy atom. The Hall–Kier alpha value is 0.268. The number of alkyl halides is 6. The van der Waals surface area contributed by atoms with E-state index >= 15 is 0 Å². The molecule has 0 aromatic heterocycles. The Morgan fingerprint density at radius 3 is 1.50 bits per heavy atom. The molecule has 0 saturated carbocycles. The maximum atomic E-state index is 11.9. The molecule has 78 valence electrons. The van der Waals surface area contributed by atoms with Crippen LogP contribution in [0, 0.1) is 0 Å². The summed E-state index contributed by atoms with van der Waals surface area (Å²) in [6.07, 6.45) is -9.79. The van der Waals surface area contributed by atoms with Crippen molar-refractivity contribution < 1.29 is 47.4 Å². The van der Waals surface area contributed by atoms with Gasteiger partial charge in [-0.1, -0.05) is 6.92 Å². The van der Waals surface area contributed by atoms with Gasteiger partial charge in [-0.3, -0.25) is 0 Å². The Balaban J connectivity index is 0. The predicted octanol–water partition coefficient (Wildman–Crippen LogP) is 2.93. The van der Waals surface area contributed by atoms with Gasteiger partial charge in [-0.05, 0) is 6.42 Å². The minimum atomic E-state index is -5.79. The molecule has 0 saturated heterocycles. The van der Waals surface area contributed by atoms with Gasteiger partial charge in [0, 0.05) is 21.1 Å². The van der Waals surface area contributed by atoms with Crippen molar-refractivity contribution in [3.63, 3.8) is 0 Å². The summed E-state index contributed by atoms with van der Waals surface area (Å²) in [7, 11) is 0. The molecule has 0 N–H and O–H groups in total. The van der Waals surface area contributed by atoms with E-state index in [1.54, 1.807) is 0 Å². The first-order chi connectivity index (χ1) is 4.73. The van der Waals surface area contributed by atoms with E-state index in [0.717, 1.165) is 6.92 Å². The topological polar surface area (TPSA) is 0 Å². The SMILES string of the molecule is CCC(F)C(F)(F)C(F)(F)F.[Pt]. The minimum Gasteiger partial charge on any atom is -0.240 e. The second-order valence-electron chi connectivity index (χ2n) is 2.00. The van der Waals surface area contributed by atoms with Crippen molar-refractivity contribution in [1.29, 1.82) is 0 Å². The maximum Gasteiger partial charge on any atom is 0.456 e. The van der Waals surface area contributed by atoms with Gasteiger partial charge < -0.3 is 0 Å². The van der Waals surface area contributed by atoms with E-state index in [0.29, 0.717) is 0 Å². The summed E-state index contributed by atoms with van der Waals surface area (Å²) in [5.74, 6) is -5.22. The van der Waals surface area contributed by atoms with Crippen LogP contribution in [0.15, 0.2) is 0 Å². The first-order valence-electron chi connectivity index (χ1n) is 2.82. The van der Waals surface area contributed by atoms with Gasteiger partial charge >= 0.3 is 12.1 Å². The van der Waals surface area contributed by atoms with Gasteiger partial charge in [-0.15, -0.1) is 0 Å². The quantitative estimate of drug-likeness (QED) is 0.652. The molecule has 0 bridgehead atoms. The van der Waals surface area contributed by atoms with Gasteiger partial charge in [0.15, 0.2) is 6.17 Å². The molecule has 0 spiro atoms. The third-order valence-electron chi connectivity index (χ3n) is 1.13. The third kappa shape index (κ3) is 2.96. The maximum absolute atomic E-state index is 11.9. The van der Waals surface area contributed by atoms with Crippen molar-refractivity contribution in [2.75, 3.05) is 0 Å². The minimum absolute atomic E-state index is 0. The zero-order valence-corrected chi connectivity index (χ0v) is 8.14. The molecular weight excluding hydrogens is 369 g/mol. The Kier molecular flexibility index (Phi) is 5.53. The van der Waals surface area contributed by atoms with E-state index in [1.807, 2.05) is 0 Å². The first-order valence-corrected chi connectivity index (χ1v) is 2.82. The van der Waals surface area contributed by atoms with E-state index in [-0.39, 0.29) is 21.1 Å². The summed E-state index contributed by atoms with van der Waals surface area (Å²) in [5, 5.41) is 0. The van der Waals surface area contributed by atoms with Gasteiger partial charge in [-0.25, -0.2) is 4.39 Å². The van der Waals surface area contributed by atoms with E-state index in [1.165, 1.54) is 0 Å². The molecule has 0 aliphatic heterocycles. The second-order valence-corrected chi connectivity index (χ2v) is 2.00. The molecule has 0 aliphatic rings. The molecule has 0 aromatic carbocycles. The van der Waals surface area contributed by atoms with Gasteiger partial charge in [0.05, 0.1) is 0 Å². The van der Waals surface area contributed by atoms with Crippen molar-refractivity contribution in [2.45, 2.75) is 31.6 Å². The fourth-order valence-electron chi connectivity index (χ4n) is 0.434. The Morgan fingerprint density at radius 1 is 1.08 bits per heavy atom. The molecule has 0 fully saturated rings. The fourth-order valence-corrected chi connectivity index (χ4v) is 0.434. The van der Waals surface area contributed by atoms with Crippen LogP contribution in [0.3, 0.4) is 0 Å². The Bertz CT molecular complexity index is 130. The average Bonchev–Trinajstić information content (AvgIpc) is 1.83. The fraction of sp³-hybridized carbons (Fsp3) is 1.00. The van der Waals surface area contributed by atoms with Gasteiger partial charge in [0.2, 0.25) is 0 Å². The summed E-state index contributed by atoms with van der Waals surface area (Å²) >= 11 is 0. The average molecular weight is 375 g/mol. The first kappa shape index (κ1) is 14.8. The van der Waals surface area contributed by atoms with Crippen LogP contribution in [-0.2, 0) is 21.1 Å². The van der Waals surface area contributed by atoms with Gasteiger partial charge in [-0.2, -0.15) is 22.0 Å². The molecule has 0 aliphatic carbocycles. The van der Waals surface area contributed by atoms with Crippen molar-refractivity contribution >= 4 is 0 Å². The van der Waals surface area contributed by atoms with Crippen LogP contribution < -0.4 is 0 Å². The molecule has 0 nitrogen and oxygen atoms in total. The zero-order chi connectivity index (χ0) is 9.28. The van der Waals surface area contributed by atoms with Crippen molar-refractivity contribution in [2.24, 2.45) is 0 Å². The molecule has 1 atom stereocenters. The van der Waals surface area contributed by atoms with Crippen LogP contribution in [0.1, 0.15) is 13.3 Å². The van der Waals surface area contributed by atoms with E-state index in [9.17, 15) is 26.3 Å². The van der Waals surface area contributed by atoms with Crippen LogP contribution in [0.4, 0.5) is 26.3 Å². The summed E-state index contributed by atoms with van der Waals surface area (Å²) in [6, 6.07) is 0. The van der Waals surface area contributed by atoms with Crippen molar-refractivity contribution in [1.82, 2.24) is 0 Å². The second kappa shape index (κ2) is 4.49. The van der Waals surface area contributed by atoms with Crippen LogP contribution in [0.5, 0.6) is 0 Å². The summed E-state index contributed by atoms with van der Waals surface area (Å²) in [6.45, 7) is 0.921. The van der Waals surface area contributed by atoms with E-state index in [2.05, 4.69) is 0 Å². The standard InChI is InChI=1S/C5H6F6.Pt/c1-2-3(6)4(7,8)5(9,10)11;/h3H,2H2,1H3;. The molecule has 12 heavy (non-hydrogen) atoms. The molecule has 0 radical (unpaired) electrons. The van der Waals surface area contributed by atoms with E-state index < -0.39 is 24.7 Å². The molecule has 0 aromatic rings. The summed E-state index contributed by atoms with van der Waals surface area (Å²) in [4.78, 5) is 0. The zero-order valence-electron chi connectivity index (χ0n) is 5.87. The van der Waals surface area contributed by atoms with Crippen LogP contribution in [0.25, 0.3) is 0 Å². The third-order valence-corrected chi connectivity index (χ3v) is 1.13. The van der Waals surface area contributed by atoms with Crippen molar-refractivity contribution in [3.8, 4) is 0 Å². The molecular formula is C5H6F6Pt. The van der Waals surface area contributed by atoms with Gasteiger partial charge in [0.25, 0.3) is 0 Å². The van der Waals surface area contributed by atoms with Crippen LogP contribution in [-0.4, -0.2) is 18.3 Å².